The van der Waals surface area contributed by atoms with Gasteiger partial charge < -0.3 is 4.90 Å². The molecule has 0 bridgehead atoms. The molecule has 0 spiro atoms. The molecule has 0 amide bonds. The molecular formula is C24H21N3O. The fraction of sp³-hybridized carbons (Fsp3) is 0.125. The molecule has 4 rings (SSSR count). The number of hydrogen-bond donors (Lipinski definition) is 0. The van der Waals surface area contributed by atoms with Crippen molar-refractivity contribution in [3.8, 4) is 0 Å². The zero-order valence-corrected chi connectivity index (χ0v) is 16.0. The van der Waals surface area contributed by atoms with E-state index in [1.807, 2.05) is 93.0 Å². The first kappa shape index (κ1) is 17.9. The minimum atomic E-state index is -0.0265. The summed E-state index contributed by atoms with van der Waals surface area (Å²) in [5.74, 6) is -0.0265. The minimum Gasteiger partial charge on any atom is -0.378 e. The molecule has 0 saturated carbocycles. The summed E-state index contributed by atoms with van der Waals surface area (Å²) in [5, 5.41) is 0. The Balaban J connectivity index is 1.77. The third-order valence-corrected chi connectivity index (χ3v) is 4.73. The molecule has 0 atom stereocenters. The van der Waals surface area contributed by atoms with Gasteiger partial charge in [-0.15, -0.1) is 0 Å². The number of fused-ring (bicyclic) bond motifs is 1. The van der Waals surface area contributed by atoms with Crippen molar-refractivity contribution >= 4 is 34.3 Å². The molecule has 28 heavy (non-hydrogen) atoms. The average molecular weight is 367 g/mol. The SMILES string of the molecule is CN(C)c1ccc(N=C2CC(=Nc3ccccc3)C(=O)c3ccccc32)cc1. The molecule has 0 aromatic heterocycles. The highest BCUT2D eigenvalue weighted by atomic mass is 16.1. The third kappa shape index (κ3) is 3.62. The van der Waals surface area contributed by atoms with Gasteiger partial charge in [0.25, 0.3) is 0 Å². The van der Waals surface area contributed by atoms with Crippen molar-refractivity contribution in [1.29, 1.82) is 0 Å². The van der Waals surface area contributed by atoms with Crippen LogP contribution < -0.4 is 4.90 Å². The highest BCUT2D eigenvalue weighted by Crippen LogP contribution is 2.26. The van der Waals surface area contributed by atoms with E-state index in [1.54, 1.807) is 0 Å². The fourth-order valence-corrected chi connectivity index (χ4v) is 3.25. The number of carbonyl (C=O) groups excluding carboxylic acids is 1. The van der Waals surface area contributed by atoms with Crippen LogP contribution in [0.3, 0.4) is 0 Å². The summed E-state index contributed by atoms with van der Waals surface area (Å²) >= 11 is 0. The zero-order valence-electron chi connectivity index (χ0n) is 16.0. The number of ketones is 1. The first-order valence-electron chi connectivity index (χ1n) is 9.23. The highest BCUT2D eigenvalue weighted by Gasteiger charge is 2.27. The lowest BCUT2D eigenvalue weighted by molar-refractivity contribution is 0.106. The van der Waals surface area contributed by atoms with E-state index >= 15 is 0 Å². The number of para-hydroxylation sites is 1. The largest absolute Gasteiger partial charge is 0.378 e. The Morgan fingerprint density at radius 2 is 1.25 bits per heavy atom. The summed E-state index contributed by atoms with van der Waals surface area (Å²) < 4.78 is 0. The number of rotatable bonds is 3. The van der Waals surface area contributed by atoms with Crippen LogP contribution in [0.15, 0.2) is 88.8 Å². The molecule has 0 radical (unpaired) electrons. The predicted octanol–water partition coefficient (Wildman–Crippen LogP) is 5.23. The van der Waals surface area contributed by atoms with Crippen LogP contribution in [0.4, 0.5) is 17.1 Å². The van der Waals surface area contributed by atoms with Crippen molar-refractivity contribution in [1.82, 2.24) is 0 Å². The quantitative estimate of drug-likeness (QED) is 0.636. The summed E-state index contributed by atoms with van der Waals surface area (Å²) in [4.78, 5) is 24.5. The molecule has 0 N–H and O–H groups in total. The zero-order chi connectivity index (χ0) is 19.5. The third-order valence-electron chi connectivity index (χ3n) is 4.73. The van der Waals surface area contributed by atoms with E-state index in [0.29, 0.717) is 17.7 Å². The van der Waals surface area contributed by atoms with Crippen LogP contribution in [-0.2, 0) is 0 Å². The first-order chi connectivity index (χ1) is 13.6. The van der Waals surface area contributed by atoms with E-state index in [1.165, 1.54) is 0 Å². The molecule has 138 valence electrons. The van der Waals surface area contributed by atoms with Crippen molar-refractivity contribution in [3.63, 3.8) is 0 Å². The second-order valence-corrected chi connectivity index (χ2v) is 6.91. The van der Waals surface area contributed by atoms with Gasteiger partial charge >= 0.3 is 0 Å². The molecule has 0 aliphatic heterocycles. The van der Waals surface area contributed by atoms with Crippen LogP contribution in [-0.4, -0.2) is 31.3 Å². The van der Waals surface area contributed by atoms with Crippen molar-refractivity contribution < 1.29 is 4.79 Å². The van der Waals surface area contributed by atoms with E-state index in [4.69, 9.17) is 4.99 Å². The van der Waals surface area contributed by atoms with Crippen molar-refractivity contribution in [2.45, 2.75) is 6.42 Å². The summed E-state index contributed by atoms with van der Waals surface area (Å²) in [6.45, 7) is 0. The number of aliphatic imine (C=N–C) groups is 2. The highest BCUT2D eigenvalue weighted by molar-refractivity contribution is 6.53. The fourth-order valence-electron chi connectivity index (χ4n) is 3.25. The molecular weight excluding hydrogens is 346 g/mol. The monoisotopic (exact) mass is 367 g/mol. The molecule has 0 unspecified atom stereocenters. The maximum atomic E-state index is 12.9. The lowest BCUT2D eigenvalue weighted by atomic mass is 9.87. The lowest BCUT2D eigenvalue weighted by Crippen LogP contribution is -2.27. The molecule has 0 saturated heterocycles. The summed E-state index contributed by atoms with van der Waals surface area (Å²) in [7, 11) is 4.02. The summed E-state index contributed by atoms with van der Waals surface area (Å²) in [6, 6.07) is 25.3. The van der Waals surface area contributed by atoms with Crippen LogP contribution in [0.25, 0.3) is 0 Å². The minimum absolute atomic E-state index is 0.0265. The number of nitrogens with zero attached hydrogens (tertiary/aromatic N) is 3. The maximum absolute atomic E-state index is 12.9. The Labute approximate surface area is 164 Å². The van der Waals surface area contributed by atoms with Gasteiger partial charge in [0, 0.05) is 37.3 Å². The molecule has 4 nitrogen and oxygen atoms in total. The second-order valence-electron chi connectivity index (χ2n) is 6.91. The molecule has 0 heterocycles. The van der Waals surface area contributed by atoms with Gasteiger partial charge in [-0.3, -0.25) is 9.79 Å². The van der Waals surface area contributed by atoms with Crippen molar-refractivity contribution in [2.24, 2.45) is 9.98 Å². The van der Waals surface area contributed by atoms with E-state index in [-0.39, 0.29) is 5.78 Å². The molecule has 0 fully saturated rings. The van der Waals surface area contributed by atoms with Gasteiger partial charge in [0.05, 0.1) is 22.8 Å². The number of Topliss-reactive ketones (excluding diaryl/α,β-unsaturated/α-hetero) is 1. The Kier molecular flexibility index (Phi) is 4.85. The standard InChI is InChI=1S/C24H21N3O/c1-27(2)19-14-12-18(13-15-19)25-22-16-23(26-17-8-4-3-5-9-17)24(28)21-11-7-6-10-20(21)22/h3-15H,16H2,1-2H3. The van der Waals surface area contributed by atoms with Gasteiger partial charge in [0.1, 0.15) is 0 Å². The van der Waals surface area contributed by atoms with Crippen LogP contribution in [0.2, 0.25) is 0 Å². The number of carbonyl (C=O) groups is 1. The Hall–Kier alpha value is -3.53. The van der Waals surface area contributed by atoms with Gasteiger partial charge in [-0.2, -0.15) is 0 Å². The molecule has 1 aliphatic rings. The normalized spacial score (nSPS) is 16.3. The predicted molar refractivity (Wildman–Crippen MR) is 116 cm³/mol. The molecule has 4 heteroatoms. The maximum Gasteiger partial charge on any atom is 0.208 e. The van der Waals surface area contributed by atoms with Crippen LogP contribution in [0, 0.1) is 0 Å². The first-order valence-corrected chi connectivity index (χ1v) is 9.23. The van der Waals surface area contributed by atoms with E-state index in [9.17, 15) is 4.79 Å². The Morgan fingerprint density at radius 1 is 0.679 bits per heavy atom. The Morgan fingerprint density at radius 3 is 1.93 bits per heavy atom. The van der Waals surface area contributed by atoms with Gasteiger partial charge in [-0.05, 0) is 36.4 Å². The van der Waals surface area contributed by atoms with Crippen molar-refractivity contribution in [2.75, 3.05) is 19.0 Å². The molecule has 1 aliphatic carbocycles. The van der Waals surface area contributed by atoms with E-state index in [0.717, 1.165) is 28.3 Å². The lowest BCUT2D eigenvalue weighted by Gasteiger charge is -2.19. The van der Waals surface area contributed by atoms with Gasteiger partial charge in [-0.1, -0.05) is 42.5 Å². The average Bonchev–Trinajstić information content (AvgIpc) is 2.72. The topological polar surface area (TPSA) is 45.0 Å². The Bertz CT molecular complexity index is 1060. The van der Waals surface area contributed by atoms with Crippen LogP contribution in [0.5, 0.6) is 0 Å². The summed E-state index contributed by atoms with van der Waals surface area (Å²) in [6.07, 6.45) is 0.417. The van der Waals surface area contributed by atoms with Crippen molar-refractivity contribution in [3.05, 3.63) is 90.0 Å². The van der Waals surface area contributed by atoms with Gasteiger partial charge in [0.15, 0.2) is 0 Å². The van der Waals surface area contributed by atoms with Gasteiger partial charge in [-0.25, -0.2) is 4.99 Å². The van der Waals surface area contributed by atoms with Crippen LogP contribution in [0.1, 0.15) is 22.3 Å². The van der Waals surface area contributed by atoms with E-state index in [2.05, 4.69) is 9.89 Å². The van der Waals surface area contributed by atoms with Crippen LogP contribution >= 0.6 is 0 Å². The van der Waals surface area contributed by atoms with Gasteiger partial charge in [0.2, 0.25) is 5.78 Å². The molecule has 3 aromatic rings. The van der Waals surface area contributed by atoms with E-state index < -0.39 is 0 Å². The number of benzene rings is 3. The summed E-state index contributed by atoms with van der Waals surface area (Å²) in [5.41, 5.74) is 5.69. The number of anilines is 1. The molecule has 3 aromatic carbocycles. The second kappa shape index (κ2) is 7.61. The number of hydrogen-bond acceptors (Lipinski definition) is 4. The smallest absolute Gasteiger partial charge is 0.208 e.